The topological polar surface area (TPSA) is 33.7 Å². The Morgan fingerprint density at radius 1 is 1.39 bits per heavy atom. The van der Waals surface area contributed by atoms with Crippen molar-refractivity contribution < 1.29 is 9.47 Å². The van der Waals surface area contributed by atoms with Crippen molar-refractivity contribution in [3.63, 3.8) is 0 Å². The van der Waals surface area contributed by atoms with E-state index in [0.29, 0.717) is 18.2 Å². The summed E-state index contributed by atoms with van der Waals surface area (Å²) in [5, 5.41) is 3.39. The highest BCUT2D eigenvalue weighted by atomic mass is 16.5. The van der Waals surface area contributed by atoms with Gasteiger partial charge in [-0.25, -0.2) is 0 Å². The van der Waals surface area contributed by atoms with Crippen LogP contribution in [0.15, 0.2) is 0 Å². The Bertz CT molecular complexity index is 246. The SMILES string of the molecule is CNC(CN1CCC(OC)CC1C)C(C)(C)OC. The molecule has 1 heterocycles. The van der Waals surface area contributed by atoms with Crippen LogP contribution in [0.5, 0.6) is 0 Å². The van der Waals surface area contributed by atoms with Crippen molar-refractivity contribution in [2.45, 2.75) is 57.4 Å². The third-order valence-corrected chi connectivity index (χ3v) is 4.43. The first kappa shape index (κ1) is 15.9. The van der Waals surface area contributed by atoms with Gasteiger partial charge in [0, 0.05) is 39.4 Å². The van der Waals surface area contributed by atoms with E-state index in [1.807, 2.05) is 14.2 Å². The van der Waals surface area contributed by atoms with E-state index in [1.165, 1.54) is 0 Å². The van der Waals surface area contributed by atoms with Crippen molar-refractivity contribution in [1.29, 1.82) is 0 Å². The van der Waals surface area contributed by atoms with Crippen LogP contribution in [0.4, 0.5) is 0 Å². The van der Waals surface area contributed by atoms with Crippen LogP contribution in [0.3, 0.4) is 0 Å². The second-order valence-corrected chi connectivity index (χ2v) is 5.87. The Morgan fingerprint density at radius 2 is 2.06 bits per heavy atom. The van der Waals surface area contributed by atoms with Crippen LogP contribution in [-0.2, 0) is 9.47 Å². The molecule has 0 saturated carbocycles. The summed E-state index contributed by atoms with van der Waals surface area (Å²) in [6.45, 7) is 8.70. The van der Waals surface area contributed by atoms with E-state index < -0.39 is 0 Å². The summed E-state index contributed by atoms with van der Waals surface area (Å²) in [4.78, 5) is 2.54. The Kier molecular flexibility index (Phi) is 6.05. The van der Waals surface area contributed by atoms with Gasteiger partial charge in [-0.1, -0.05) is 0 Å². The van der Waals surface area contributed by atoms with Gasteiger partial charge in [0.1, 0.15) is 0 Å². The number of likely N-dealkylation sites (N-methyl/N-ethyl adjacent to an activating group) is 1. The molecule has 1 rings (SSSR count). The molecule has 1 saturated heterocycles. The molecule has 3 atom stereocenters. The average molecular weight is 258 g/mol. The molecule has 108 valence electrons. The van der Waals surface area contributed by atoms with Crippen LogP contribution in [0, 0.1) is 0 Å². The number of hydrogen-bond donors (Lipinski definition) is 1. The highest BCUT2D eigenvalue weighted by Crippen LogP contribution is 2.22. The molecule has 1 aliphatic heterocycles. The van der Waals surface area contributed by atoms with Crippen molar-refractivity contribution in [2.75, 3.05) is 34.4 Å². The Hall–Kier alpha value is -0.160. The number of hydrogen-bond acceptors (Lipinski definition) is 4. The first-order valence-electron chi connectivity index (χ1n) is 6.93. The third kappa shape index (κ3) is 3.92. The van der Waals surface area contributed by atoms with E-state index in [4.69, 9.17) is 9.47 Å². The fourth-order valence-electron chi connectivity index (χ4n) is 2.70. The Labute approximate surface area is 112 Å². The molecule has 0 aromatic heterocycles. The van der Waals surface area contributed by atoms with E-state index in [1.54, 1.807) is 7.11 Å². The second-order valence-electron chi connectivity index (χ2n) is 5.87. The molecule has 1 fully saturated rings. The first-order valence-corrected chi connectivity index (χ1v) is 6.93. The summed E-state index contributed by atoms with van der Waals surface area (Å²) in [5.74, 6) is 0. The molecule has 1 N–H and O–H groups in total. The fourth-order valence-corrected chi connectivity index (χ4v) is 2.70. The highest BCUT2D eigenvalue weighted by Gasteiger charge is 2.33. The van der Waals surface area contributed by atoms with Crippen LogP contribution in [0.1, 0.15) is 33.6 Å². The summed E-state index contributed by atoms with van der Waals surface area (Å²) >= 11 is 0. The molecule has 1 aliphatic rings. The van der Waals surface area contributed by atoms with Crippen LogP contribution in [0.25, 0.3) is 0 Å². The van der Waals surface area contributed by atoms with Crippen molar-refractivity contribution in [1.82, 2.24) is 10.2 Å². The lowest BCUT2D eigenvalue weighted by Crippen LogP contribution is -2.56. The van der Waals surface area contributed by atoms with Gasteiger partial charge in [0.15, 0.2) is 0 Å². The highest BCUT2D eigenvalue weighted by molar-refractivity contribution is 4.90. The lowest BCUT2D eigenvalue weighted by atomic mass is 9.94. The van der Waals surface area contributed by atoms with E-state index in [9.17, 15) is 0 Å². The molecule has 4 heteroatoms. The Morgan fingerprint density at radius 3 is 2.50 bits per heavy atom. The minimum atomic E-state index is -0.146. The maximum atomic E-state index is 5.60. The molecule has 0 aromatic rings. The fraction of sp³-hybridized carbons (Fsp3) is 1.00. The predicted molar refractivity (Wildman–Crippen MR) is 75.0 cm³/mol. The maximum absolute atomic E-state index is 5.60. The monoisotopic (exact) mass is 258 g/mol. The normalized spacial score (nSPS) is 28.3. The molecule has 0 aromatic carbocycles. The summed E-state index contributed by atoms with van der Waals surface area (Å²) in [6, 6.07) is 0.913. The van der Waals surface area contributed by atoms with Gasteiger partial charge in [-0.3, -0.25) is 4.90 Å². The van der Waals surface area contributed by atoms with E-state index in [2.05, 4.69) is 31.0 Å². The zero-order valence-electron chi connectivity index (χ0n) is 12.8. The minimum Gasteiger partial charge on any atom is -0.381 e. The third-order valence-electron chi connectivity index (χ3n) is 4.43. The molecule has 0 spiro atoms. The Balaban J connectivity index is 2.55. The molecule has 3 unspecified atom stereocenters. The van der Waals surface area contributed by atoms with E-state index >= 15 is 0 Å². The summed E-state index contributed by atoms with van der Waals surface area (Å²) < 4.78 is 11.1. The number of piperidine rings is 1. The molecule has 0 aliphatic carbocycles. The van der Waals surface area contributed by atoms with Crippen molar-refractivity contribution in [2.24, 2.45) is 0 Å². The molecule has 0 radical (unpaired) electrons. The number of likely N-dealkylation sites (tertiary alicyclic amines) is 1. The summed E-state index contributed by atoms with van der Waals surface area (Å²) in [5.41, 5.74) is -0.146. The van der Waals surface area contributed by atoms with Crippen LogP contribution >= 0.6 is 0 Å². The molecular weight excluding hydrogens is 228 g/mol. The van der Waals surface area contributed by atoms with Gasteiger partial charge in [0.05, 0.1) is 11.7 Å². The van der Waals surface area contributed by atoms with Gasteiger partial charge in [0.2, 0.25) is 0 Å². The van der Waals surface area contributed by atoms with Crippen molar-refractivity contribution >= 4 is 0 Å². The predicted octanol–water partition coefficient (Wildman–Crippen LogP) is 1.50. The second kappa shape index (κ2) is 6.85. The largest absolute Gasteiger partial charge is 0.381 e. The van der Waals surface area contributed by atoms with Gasteiger partial charge >= 0.3 is 0 Å². The zero-order chi connectivity index (χ0) is 13.8. The molecule has 4 nitrogen and oxygen atoms in total. The first-order chi connectivity index (χ1) is 8.44. The lowest BCUT2D eigenvalue weighted by Gasteiger charge is -2.42. The standard InChI is InChI=1S/C14H30N2O2/c1-11-9-12(17-5)7-8-16(11)10-13(15-4)14(2,3)18-6/h11-13,15H,7-10H2,1-6H3. The molecule has 18 heavy (non-hydrogen) atoms. The quantitative estimate of drug-likeness (QED) is 0.783. The van der Waals surface area contributed by atoms with Gasteiger partial charge in [-0.05, 0) is 40.7 Å². The van der Waals surface area contributed by atoms with Crippen LogP contribution in [0.2, 0.25) is 0 Å². The van der Waals surface area contributed by atoms with Crippen molar-refractivity contribution in [3.8, 4) is 0 Å². The maximum Gasteiger partial charge on any atom is 0.0787 e. The average Bonchev–Trinajstić information content (AvgIpc) is 2.36. The van der Waals surface area contributed by atoms with Gasteiger partial charge in [-0.2, -0.15) is 0 Å². The number of methoxy groups -OCH3 is 2. The number of nitrogens with zero attached hydrogens (tertiary/aromatic N) is 1. The molecule has 0 bridgehead atoms. The summed E-state index contributed by atoms with van der Waals surface area (Å²) in [7, 11) is 5.61. The van der Waals surface area contributed by atoms with E-state index in [0.717, 1.165) is 25.9 Å². The molecular formula is C14H30N2O2. The molecule has 0 amide bonds. The smallest absolute Gasteiger partial charge is 0.0787 e. The lowest BCUT2D eigenvalue weighted by molar-refractivity contribution is -0.0351. The number of ether oxygens (including phenoxy) is 2. The zero-order valence-corrected chi connectivity index (χ0v) is 12.8. The minimum absolute atomic E-state index is 0.146. The number of rotatable bonds is 6. The van der Waals surface area contributed by atoms with Gasteiger partial charge in [0.25, 0.3) is 0 Å². The van der Waals surface area contributed by atoms with E-state index in [-0.39, 0.29) is 5.60 Å². The van der Waals surface area contributed by atoms with Gasteiger partial charge in [-0.15, -0.1) is 0 Å². The summed E-state index contributed by atoms with van der Waals surface area (Å²) in [6.07, 6.45) is 2.69. The van der Waals surface area contributed by atoms with Crippen molar-refractivity contribution in [3.05, 3.63) is 0 Å². The van der Waals surface area contributed by atoms with Crippen LogP contribution < -0.4 is 5.32 Å². The van der Waals surface area contributed by atoms with Gasteiger partial charge < -0.3 is 14.8 Å². The van der Waals surface area contributed by atoms with Crippen LogP contribution in [-0.4, -0.2) is 63.0 Å². The number of nitrogens with one attached hydrogen (secondary N) is 1.